The van der Waals surface area contributed by atoms with E-state index in [9.17, 15) is 18.0 Å². The summed E-state index contributed by atoms with van der Waals surface area (Å²) < 4.78 is 51.8. The van der Waals surface area contributed by atoms with Crippen molar-refractivity contribution in [2.24, 2.45) is 0 Å². The van der Waals surface area contributed by atoms with Gasteiger partial charge in [-0.2, -0.15) is 23.4 Å². The molecule has 0 N–H and O–H groups in total. The van der Waals surface area contributed by atoms with Crippen LogP contribution in [0.4, 0.5) is 13.2 Å². The highest BCUT2D eigenvalue weighted by Gasteiger charge is 2.38. The van der Waals surface area contributed by atoms with Crippen LogP contribution in [0, 0.1) is 11.3 Å². The van der Waals surface area contributed by atoms with Crippen molar-refractivity contribution in [2.75, 3.05) is 7.11 Å². The lowest BCUT2D eigenvalue weighted by Crippen LogP contribution is -2.24. The molecule has 0 spiro atoms. The van der Waals surface area contributed by atoms with E-state index in [1.165, 1.54) is 50.6 Å². The Morgan fingerprint density at radius 2 is 1.86 bits per heavy atom. The zero-order chi connectivity index (χ0) is 20.5. The van der Waals surface area contributed by atoms with Crippen LogP contribution in [0.3, 0.4) is 0 Å². The molecule has 3 aromatic rings. The quantitative estimate of drug-likeness (QED) is 0.680. The van der Waals surface area contributed by atoms with Crippen LogP contribution in [0.15, 0.2) is 41.3 Å². The zero-order valence-corrected chi connectivity index (χ0v) is 14.7. The highest BCUT2D eigenvalue weighted by atomic mass is 19.4. The van der Waals surface area contributed by atoms with Gasteiger partial charge in [0.1, 0.15) is 11.8 Å². The summed E-state index contributed by atoms with van der Waals surface area (Å²) in [4.78, 5) is 20.1. The maximum atomic E-state index is 13.6. The molecule has 0 radical (unpaired) electrons. The molecule has 0 fully saturated rings. The Kier molecular flexibility index (Phi) is 4.92. The number of ether oxygens (including phenoxy) is 2. The van der Waals surface area contributed by atoms with Crippen molar-refractivity contribution in [3.63, 3.8) is 0 Å². The summed E-state index contributed by atoms with van der Waals surface area (Å²) in [5, 5.41) is 8.76. The Bertz CT molecular complexity index is 1120. The average molecular weight is 390 g/mol. The molecule has 0 aliphatic heterocycles. The SMILES string of the molecule is COc1ccn2c(=O)c(-c3ccc(O[C@@H](C)C#N)cc3)c(C(F)(F)F)nc2n1. The molecule has 2 aromatic heterocycles. The molecule has 0 aliphatic rings. The number of halogens is 3. The van der Waals surface area contributed by atoms with Gasteiger partial charge in [-0.25, -0.2) is 4.98 Å². The van der Waals surface area contributed by atoms with Gasteiger partial charge in [-0.05, 0) is 24.6 Å². The van der Waals surface area contributed by atoms with Crippen molar-refractivity contribution in [3.05, 3.63) is 52.6 Å². The first-order valence-corrected chi connectivity index (χ1v) is 7.96. The molecular formula is C18H13F3N4O3. The van der Waals surface area contributed by atoms with Gasteiger partial charge in [-0.3, -0.25) is 9.20 Å². The molecule has 0 unspecified atom stereocenters. The van der Waals surface area contributed by atoms with Gasteiger partial charge in [0.25, 0.3) is 5.56 Å². The first kappa shape index (κ1) is 19.2. The molecule has 7 nitrogen and oxygen atoms in total. The van der Waals surface area contributed by atoms with Crippen molar-refractivity contribution < 1.29 is 22.6 Å². The number of fused-ring (bicyclic) bond motifs is 1. The third-order valence-corrected chi connectivity index (χ3v) is 3.79. The lowest BCUT2D eigenvalue weighted by Gasteiger charge is -2.14. The Labute approximate surface area is 156 Å². The van der Waals surface area contributed by atoms with Gasteiger partial charge in [-0.15, -0.1) is 0 Å². The summed E-state index contributed by atoms with van der Waals surface area (Å²) in [6.07, 6.45) is -4.37. The van der Waals surface area contributed by atoms with E-state index in [0.717, 1.165) is 4.40 Å². The summed E-state index contributed by atoms with van der Waals surface area (Å²) >= 11 is 0. The van der Waals surface area contributed by atoms with Gasteiger partial charge in [0.2, 0.25) is 11.7 Å². The maximum Gasteiger partial charge on any atom is 0.434 e. The number of aromatic nitrogens is 3. The van der Waals surface area contributed by atoms with Crippen LogP contribution in [-0.2, 0) is 6.18 Å². The molecule has 144 valence electrons. The second-order valence-corrected chi connectivity index (χ2v) is 5.69. The lowest BCUT2D eigenvalue weighted by atomic mass is 10.0. The minimum atomic E-state index is -4.88. The fourth-order valence-corrected chi connectivity index (χ4v) is 2.52. The molecule has 10 heteroatoms. The maximum absolute atomic E-state index is 13.6. The second kappa shape index (κ2) is 7.19. The van der Waals surface area contributed by atoms with Crippen molar-refractivity contribution in [1.82, 2.24) is 14.4 Å². The monoisotopic (exact) mass is 390 g/mol. The minimum absolute atomic E-state index is 0.00648. The van der Waals surface area contributed by atoms with Crippen molar-refractivity contribution in [3.8, 4) is 28.8 Å². The van der Waals surface area contributed by atoms with Crippen LogP contribution in [0.5, 0.6) is 11.6 Å². The fraction of sp³-hybridized carbons (Fsp3) is 0.222. The van der Waals surface area contributed by atoms with E-state index >= 15 is 0 Å². The molecule has 3 rings (SSSR count). The van der Waals surface area contributed by atoms with E-state index in [2.05, 4.69) is 9.97 Å². The molecule has 0 aliphatic carbocycles. The highest BCUT2D eigenvalue weighted by molar-refractivity contribution is 5.67. The van der Waals surface area contributed by atoms with E-state index in [-0.39, 0.29) is 17.2 Å². The van der Waals surface area contributed by atoms with Gasteiger partial charge in [-0.1, -0.05) is 12.1 Å². The van der Waals surface area contributed by atoms with Crippen molar-refractivity contribution in [2.45, 2.75) is 19.2 Å². The number of hydrogen-bond donors (Lipinski definition) is 0. The van der Waals surface area contributed by atoms with Crippen molar-refractivity contribution >= 4 is 5.78 Å². The van der Waals surface area contributed by atoms with E-state index < -0.39 is 34.9 Å². The van der Waals surface area contributed by atoms with Gasteiger partial charge in [0, 0.05) is 12.3 Å². The van der Waals surface area contributed by atoms with Crippen LogP contribution < -0.4 is 15.0 Å². The third-order valence-electron chi connectivity index (χ3n) is 3.79. The predicted molar refractivity (Wildman–Crippen MR) is 92.0 cm³/mol. The molecule has 28 heavy (non-hydrogen) atoms. The van der Waals surface area contributed by atoms with Crippen LogP contribution in [0.25, 0.3) is 16.9 Å². The molecule has 0 saturated carbocycles. The molecule has 0 amide bonds. The number of hydrogen-bond acceptors (Lipinski definition) is 6. The number of nitrogens with zero attached hydrogens (tertiary/aromatic N) is 4. The van der Waals surface area contributed by atoms with Crippen LogP contribution in [-0.4, -0.2) is 27.6 Å². The number of rotatable bonds is 4. The number of nitriles is 1. The summed E-state index contributed by atoms with van der Waals surface area (Å²) in [6.45, 7) is 1.52. The van der Waals surface area contributed by atoms with E-state index in [0.29, 0.717) is 0 Å². The summed E-state index contributed by atoms with van der Waals surface area (Å²) in [6, 6.07) is 8.58. The average Bonchev–Trinajstić information content (AvgIpc) is 2.67. The van der Waals surface area contributed by atoms with Gasteiger partial charge in [0.15, 0.2) is 11.8 Å². The number of methoxy groups -OCH3 is 1. The normalized spacial score (nSPS) is 12.4. The molecular weight excluding hydrogens is 377 g/mol. The fourth-order valence-electron chi connectivity index (χ4n) is 2.52. The Morgan fingerprint density at radius 3 is 2.43 bits per heavy atom. The first-order valence-electron chi connectivity index (χ1n) is 7.96. The molecule has 1 atom stereocenters. The topological polar surface area (TPSA) is 89.5 Å². The summed E-state index contributed by atoms with van der Waals surface area (Å²) in [5.74, 6) is -0.115. The van der Waals surface area contributed by atoms with E-state index in [1.54, 1.807) is 0 Å². The largest absolute Gasteiger partial charge is 0.481 e. The summed E-state index contributed by atoms with van der Waals surface area (Å²) in [5.41, 5.74) is -2.88. The van der Waals surface area contributed by atoms with E-state index in [1.807, 2.05) is 6.07 Å². The van der Waals surface area contributed by atoms with Crippen LogP contribution in [0.2, 0.25) is 0 Å². The van der Waals surface area contributed by atoms with Crippen molar-refractivity contribution in [1.29, 1.82) is 5.26 Å². The standard InChI is InChI=1S/C18H13F3N4O3/c1-10(9-22)28-12-5-3-11(4-6-12)14-15(18(19,20)21)24-17-23-13(27-2)7-8-25(17)16(14)26/h3-8,10H,1-2H3/t10-/m0/s1. The Balaban J connectivity index is 2.20. The lowest BCUT2D eigenvalue weighted by molar-refractivity contribution is -0.140. The third kappa shape index (κ3) is 3.59. The van der Waals surface area contributed by atoms with Crippen LogP contribution in [0.1, 0.15) is 12.6 Å². The Morgan fingerprint density at radius 1 is 1.18 bits per heavy atom. The summed E-state index contributed by atoms with van der Waals surface area (Å²) in [7, 11) is 1.30. The smallest absolute Gasteiger partial charge is 0.434 e. The van der Waals surface area contributed by atoms with Gasteiger partial charge < -0.3 is 9.47 Å². The minimum Gasteiger partial charge on any atom is -0.481 e. The van der Waals surface area contributed by atoms with Crippen LogP contribution >= 0.6 is 0 Å². The number of alkyl halides is 3. The predicted octanol–water partition coefficient (Wildman–Crippen LogP) is 3.07. The Hall–Kier alpha value is -3.61. The molecule has 1 aromatic carbocycles. The first-order chi connectivity index (χ1) is 13.2. The van der Waals surface area contributed by atoms with E-state index in [4.69, 9.17) is 14.7 Å². The zero-order valence-electron chi connectivity index (χ0n) is 14.7. The highest BCUT2D eigenvalue weighted by Crippen LogP contribution is 2.34. The molecule has 0 bridgehead atoms. The molecule has 0 saturated heterocycles. The van der Waals surface area contributed by atoms with Gasteiger partial charge in [0.05, 0.1) is 12.7 Å². The van der Waals surface area contributed by atoms with Gasteiger partial charge >= 0.3 is 6.18 Å². The second-order valence-electron chi connectivity index (χ2n) is 5.69. The number of benzene rings is 1. The molecule has 2 heterocycles.